The van der Waals surface area contributed by atoms with Gasteiger partial charge in [0.2, 0.25) is 11.7 Å². The highest BCUT2D eigenvalue weighted by atomic mass is 32.1. The quantitative estimate of drug-likeness (QED) is 0.280. The number of pyridine rings is 1. The fraction of sp³-hybridized carbons (Fsp3) is 0.310. The number of halogens is 3. The second kappa shape index (κ2) is 10.6. The topological polar surface area (TPSA) is 113 Å². The lowest BCUT2D eigenvalue weighted by molar-refractivity contribution is -0.198. The number of nitrogens with one attached hydrogen (secondary N) is 1. The number of nitrogens with zero attached hydrogens (tertiary/aromatic N) is 4. The average molecular weight is 598 g/mol. The highest BCUT2D eigenvalue weighted by Gasteiger charge is 2.44. The average Bonchev–Trinajstić information content (AvgIpc) is 3.50. The van der Waals surface area contributed by atoms with Crippen molar-refractivity contribution in [3.8, 4) is 5.75 Å². The molecule has 0 bridgehead atoms. The van der Waals surface area contributed by atoms with Crippen molar-refractivity contribution in [3.63, 3.8) is 0 Å². The molecule has 0 saturated heterocycles. The number of hydrogen-bond donors (Lipinski definition) is 2. The molecule has 1 aliphatic heterocycles. The van der Waals surface area contributed by atoms with Crippen LogP contribution in [0, 0.1) is 6.92 Å². The minimum absolute atomic E-state index is 0.00847. The van der Waals surface area contributed by atoms with E-state index in [9.17, 15) is 27.9 Å². The van der Waals surface area contributed by atoms with Gasteiger partial charge in [-0.1, -0.05) is 17.3 Å². The van der Waals surface area contributed by atoms with Crippen LogP contribution in [0.2, 0.25) is 0 Å². The van der Waals surface area contributed by atoms with Gasteiger partial charge in [0.15, 0.2) is 0 Å². The van der Waals surface area contributed by atoms with E-state index in [2.05, 4.69) is 15.3 Å². The van der Waals surface area contributed by atoms with Gasteiger partial charge in [0.1, 0.15) is 11.3 Å². The largest absolute Gasteiger partial charge is 0.481 e. The Bertz CT molecular complexity index is 1880. The molecule has 1 aliphatic rings. The van der Waals surface area contributed by atoms with Crippen molar-refractivity contribution >= 4 is 38.4 Å². The van der Waals surface area contributed by atoms with Gasteiger partial charge in [-0.2, -0.15) is 13.2 Å². The Balaban J connectivity index is 1.43. The molecule has 0 spiro atoms. The number of hydrogen-bond acceptors (Lipinski definition) is 7. The lowest BCUT2D eigenvalue weighted by Gasteiger charge is -2.26. The summed E-state index contributed by atoms with van der Waals surface area (Å²) in [5.74, 6) is -1.53. The molecule has 0 fully saturated rings. The van der Waals surface area contributed by atoms with Crippen molar-refractivity contribution in [1.82, 2.24) is 24.9 Å². The summed E-state index contributed by atoms with van der Waals surface area (Å²) in [5.41, 5.74) is 4.43. The number of aromatic nitrogens is 4. The van der Waals surface area contributed by atoms with Crippen LogP contribution < -0.4 is 10.3 Å². The minimum Gasteiger partial charge on any atom is -0.481 e. The molecule has 2 N–H and O–H groups in total. The molecule has 0 unspecified atom stereocenters. The molecule has 0 radical (unpaired) electrons. The maximum atomic E-state index is 14.0. The molecule has 2 aromatic carbocycles. The first-order chi connectivity index (χ1) is 20.0. The maximum absolute atomic E-state index is 14.0. The molecular formula is C29H26F3N5O4S. The SMILES string of the molecule is Cc1c([C@@H](CC(=O)O)c2cc(CN3Cc4[nH]c(=O)ccc4O[C@@H](C(F)(F)F)C3)c3sccc3c2)ccc2c1nnn2C. The Morgan fingerprint density at radius 1 is 1.24 bits per heavy atom. The third kappa shape index (κ3) is 5.25. The molecule has 2 atom stereocenters. The maximum Gasteiger partial charge on any atom is 0.426 e. The lowest BCUT2D eigenvalue weighted by Crippen LogP contribution is -2.42. The summed E-state index contributed by atoms with van der Waals surface area (Å²) in [7, 11) is 1.78. The number of rotatable bonds is 6. The van der Waals surface area contributed by atoms with E-state index in [0.29, 0.717) is 5.52 Å². The zero-order valence-electron chi connectivity index (χ0n) is 22.6. The minimum atomic E-state index is -4.63. The number of alkyl halides is 3. The molecule has 3 aromatic heterocycles. The van der Waals surface area contributed by atoms with Crippen molar-refractivity contribution in [2.75, 3.05) is 6.54 Å². The highest BCUT2D eigenvalue weighted by Crippen LogP contribution is 2.38. The molecule has 6 rings (SSSR count). The molecule has 13 heteroatoms. The summed E-state index contributed by atoms with van der Waals surface area (Å²) in [6.07, 6.45) is -6.91. The van der Waals surface area contributed by atoms with E-state index < -0.39 is 36.3 Å². The van der Waals surface area contributed by atoms with Crippen LogP contribution in [0.5, 0.6) is 5.75 Å². The molecule has 0 amide bonds. The van der Waals surface area contributed by atoms with Crippen molar-refractivity contribution in [2.45, 2.75) is 44.6 Å². The fourth-order valence-corrected chi connectivity index (χ4v) is 6.57. The number of benzene rings is 2. The van der Waals surface area contributed by atoms with E-state index in [-0.39, 0.29) is 31.0 Å². The van der Waals surface area contributed by atoms with Gasteiger partial charge in [0, 0.05) is 43.4 Å². The number of aliphatic carboxylic acids is 1. The van der Waals surface area contributed by atoms with Crippen molar-refractivity contribution in [1.29, 1.82) is 0 Å². The van der Waals surface area contributed by atoms with Crippen molar-refractivity contribution in [3.05, 3.63) is 86.1 Å². The molecule has 5 aromatic rings. The number of H-pyrrole nitrogens is 1. The van der Waals surface area contributed by atoms with Gasteiger partial charge in [0.05, 0.1) is 17.6 Å². The standard InChI is InChI=1S/C29H26F3N5O4S/c1-15-19(3-4-22-27(15)34-35-36(22)2)20(11-26(39)40)17-9-16-7-8-42-28(16)18(10-17)12-37-13-21-23(5-6-25(38)33-21)41-24(14-37)29(30,31)32/h3-10,20,24H,11-14H2,1-2H3,(H,33,38)(H,39,40)/t20-,24+/m0/s1. The third-order valence-corrected chi connectivity index (χ3v) is 8.68. The van der Waals surface area contributed by atoms with Crippen LogP contribution in [-0.2, 0) is 24.9 Å². The molecule has 0 aliphatic carbocycles. The Morgan fingerprint density at radius 3 is 2.81 bits per heavy atom. The van der Waals surface area contributed by atoms with Crippen LogP contribution in [0.3, 0.4) is 0 Å². The van der Waals surface area contributed by atoms with E-state index in [1.165, 1.54) is 17.4 Å². The molecule has 0 saturated carbocycles. The Kier molecular flexibility index (Phi) is 7.01. The van der Waals surface area contributed by atoms with Crippen LogP contribution in [0.15, 0.2) is 52.6 Å². The summed E-state index contributed by atoms with van der Waals surface area (Å²) in [4.78, 5) is 28.3. The van der Waals surface area contributed by atoms with E-state index in [0.717, 1.165) is 43.9 Å². The van der Waals surface area contributed by atoms with Gasteiger partial charge in [-0.3, -0.25) is 14.5 Å². The molecule has 218 valence electrons. The normalized spacial score (nSPS) is 16.7. The number of carbonyl (C=O) groups is 1. The monoisotopic (exact) mass is 597 g/mol. The zero-order valence-corrected chi connectivity index (χ0v) is 23.4. The molecule has 4 heterocycles. The fourth-order valence-electron chi connectivity index (χ4n) is 5.69. The molecule has 42 heavy (non-hydrogen) atoms. The number of carboxylic acids is 1. The van der Waals surface area contributed by atoms with Crippen molar-refractivity contribution < 1.29 is 27.8 Å². The number of aromatic amines is 1. The lowest BCUT2D eigenvalue weighted by atomic mass is 9.84. The first kappa shape index (κ1) is 27.9. The number of carboxylic acid groups (broad SMARTS) is 1. The van der Waals surface area contributed by atoms with Gasteiger partial charge in [-0.15, -0.1) is 16.4 Å². The molecule has 9 nitrogen and oxygen atoms in total. The van der Waals surface area contributed by atoms with E-state index in [4.69, 9.17) is 4.74 Å². The number of aryl methyl sites for hydroxylation is 2. The first-order valence-electron chi connectivity index (χ1n) is 13.2. The van der Waals surface area contributed by atoms with Crippen LogP contribution in [0.4, 0.5) is 13.2 Å². The van der Waals surface area contributed by atoms with Crippen LogP contribution in [-0.4, -0.2) is 54.8 Å². The summed E-state index contributed by atoms with van der Waals surface area (Å²) >= 11 is 1.46. The number of fused-ring (bicyclic) bond motifs is 3. The van der Waals surface area contributed by atoms with Gasteiger partial charge in [-0.05, 0) is 64.2 Å². The zero-order chi connectivity index (χ0) is 29.8. The van der Waals surface area contributed by atoms with E-state index in [1.807, 2.05) is 42.6 Å². The summed E-state index contributed by atoms with van der Waals surface area (Å²) in [6, 6.07) is 11.9. The highest BCUT2D eigenvalue weighted by molar-refractivity contribution is 7.17. The third-order valence-electron chi connectivity index (χ3n) is 7.68. The van der Waals surface area contributed by atoms with Crippen LogP contribution in [0.1, 0.15) is 40.3 Å². The predicted octanol–water partition coefficient (Wildman–Crippen LogP) is 5.11. The second-order valence-corrected chi connectivity index (χ2v) is 11.4. The Labute approximate surface area is 241 Å². The predicted molar refractivity (Wildman–Crippen MR) is 151 cm³/mol. The van der Waals surface area contributed by atoms with Crippen LogP contribution >= 0.6 is 11.3 Å². The van der Waals surface area contributed by atoms with Gasteiger partial charge in [0.25, 0.3) is 0 Å². The van der Waals surface area contributed by atoms with Gasteiger partial charge >= 0.3 is 12.1 Å². The first-order valence-corrected chi connectivity index (χ1v) is 14.0. The number of thiophene rings is 1. The summed E-state index contributed by atoms with van der Waals surface area (Å²) in [6.45, 7) is 1.60. The Hall–Kier alpha value is -4.23. The second-order valence-electron chi connectivity index (χ2n) is 10.5. The van der Waals surface area contributed by atoms with Crippen molar-refractivity contribution in [2.24, 2.45) is 7.05 Å². The Morgan fingerprint density at radius 2 is 2.05 bits per heavy atom. The molecular weight excluding hydrogens is 571 g/mol. The van der Waals surface area contributed by atoms with E-state index in [1.54, 1.807) is 16.6 Å². The van der Waals surface area contributed by atoms with Gasteiger partial charge in [-0.25, -0.2) is 4.68 Å². The smallest absolute Gasteiger partial charge is 0.426 e. The van der Waals surface area contributed by atoms with E-state index >= 15 is 0 Å². The summed E-state index contributed by atoms with van der Waals surface area (Å²) in [5, 5.41) is 21.0. The van der Waals surface area contributed by atoms with Gasteiger partial charge < -0.3 is 14.8 Å². The number of ether oxygens (including phenoxy) is 1. The van der Waals surface area contributed by atoms with Crippen LogP contribution in [0.25, 0.3) is 21.1 Å². The summed E-state index contributed by atoms with van der Waals surface area (Å²) < 4.78 is 49.7.